The van der Waals surface area contributed by atoms with Crippen molar-refractivity contribution in [3.05, 3.63) is 81.7 Å². The molecule has 0 atom stereocenters. The van der Waals surface area contributed by atoms with Gasteiger partial charge in [-0.3, -0.25) is 10.1 Å². The summed E-state index contributed by atoms with van der Waals surface area (Å²) in [6.07, 6.45) is 2.21. The monoisotopic (exact) mass is 531 g/mol. The number of likely N-dealkylation sites (N-methyl/N-ethyl adjacent to an activating group) is 2. The molecule has 0 radical (unpaired) electrons. The maximum atomic E-state index is 11.9. The Bertz CT molecular complexity index is 1350. The molecule has 1 N–H and O–H groups in total. The molecule has 206 valence electrons. The Labute approximate surface area is 230 Å². The molecular formula is C29H37N7O3. The Kier molecular flexibility index (Phi) is 11.4. The third-order valence-electron chi connectivity index (χ3n) is 5.95. The first-order chi connectivity index (χ1) is 18.7. The highest BCUT2D eigenvalue weighted by Crippen LogP contribution is 2.39. The van der Waals surface area contributed by atoms with Crippen LogP contribution < -0.4 is 15.0 Å². The van der Waals surface area contributed by atoms with Gasteiger partial charge in [-0.1, -0.05) is 51.6 Å². The molecule has 0 aliphatic carbocycles. The van der Waals surface area contributed by atoms with Gasteiger partial charge in [-0.05, 0) is 31.6 Å². The van der Waals surface area contributed by atoms with E-state index in [-0.39, 0.29) is 17.2 Å². The zero-order chi connectivity index (χ0) is 29.1. The molecule has 3 aromatic rings. The Hall–Kier alpha value is -4.49. The van der Waals surface area contributed by atoms with Crippen molar-refractivity contribution in [3.8, 4) is 11.8 Å². The zero-order valence-corrected chi connectivity index (χ0v) is 23.8. The number of nitrogens with one attached hydrogen (secondary N) is 1. The molecule has 2 aromatic carbocycles. The van der Waals surface area contributed by atoms with Gasteiger partial charge in [0.25, 0.3) is 5.69 Å². The lowest BCUT2D eigenvalue weighted by Gasteiger charge is -2.22. The maximum absolute atomic E-state index is 11.9. The summed E-state index contributed by atoms with van der Waals surface area (Å²) in [5.41, 5.74) is 3.90. The Morgan fingerprint density at radius 2 is 1.90 bits per heavy atom. The maximum Gasteiger partial charge on any atom is 0.294 e. The van der Waals surface area contributed by atoms with Gasteiger partial charge in [-0.15, -0.1) is 0 Å². The van der Waals surface area contributed by atoms with Crippen LogP contribution in [0.15, 0.2) is 49.2 Å². The Morgan fingerprint density at radius 1 is 1.21 bits per heavy atom. The fraction of sp³-hybridized carbons (Fsp3) is 0.345. The van der Waals surface area contributed by atoms with E-state index in [1.165, 1.54) is 19.4 Å². The molecule has 10 heteroatoms. The van der Waals surface area contributed by atoms with Crippen molar-refractivity contribution in [1.29, 1.82) is 5.26 Å². The molecule has 0 spiro atoms. The average molecular weight is 532 g/mol. The van der Waals surface area contributed by atoms with Crippen LogP contribution in [0.2, 0.25) is 0 Å². The van der Waals surface area contributed by atoms with E-state index in [2.05, 4.69) is 27.9 Å². The number of aromatic nitrogens is 2. The second kappa shape index (κ2) is 14.4. The van der Waals surface area contributed by atoms with Gasteiger partial charge in [0.1, 0.15) is 17.5 Å². The number of rotatable bonds is 11. The first kappa shape index (κ1) is 30.7. The predicted molar refractivity (Wildman–Crippen MR) is 157 cm³/mol. The molecule has 3 rings (SSSR count). The molecule has 0 bridgehead atoms. The molecule has 0 amide bonds. The van der Waals surface area contributed by atoms with Gasteiger partial charge in [0.15, 0.2) is 0 Å². The number of hydrogen-bond donors (Lipinski definition) is 1. The lowest BCUT2D eigenvalue weighted by atomic mass is 9.95. The fourth-order valence-corrected chi connectivity index (χ4v) is 3.87. The van der Waals surface area contributed by atoms with E-state index in [1.807, 2.05) is 68.9 Å². The molecule has 1 aromatic heterocycles. The first-order valence-electron chi connectivity index (χ1n) is 12.7. The van der Waals surface area contributed by atoms with Crippen LogP contribution in [0.25, 0.3) is 5.57 Å². The summed E-state index contributed by atoms with van der Waals surface area (Å²) in [6, 6.07) is 13.0. The molecule has 0 fully saturated rings. The van der Waals surface area contributed by atoms with Crippen LogP contribution in [-0.2, 0) is 6.42 Å². The molecule has 1 heterocycles. The van der Waals surface area contributed by atoms with Crippen molar-refractivity contribution >= 4 is 28.6 Å². The highest BCUT2D eigenvalue weighted by Gasteiger charge is 2.23. The van der Waals surface area contributed by atoms with E-state index in [1.54, 1.807) is 13.1 Å². The standard InChI is InChI=1S/C27H31N7O3.C2H6/c1-7-19-10-8-9-11-21(19)18(2)26-20(16-28)17-29-27(31-26)30-22-14-24(34(35)36)23(15-25(22)37-6)33(5)13-12-32(3)4;1-2/h8-11,14-15,17H,2,7,12-13H2,1,3-6H3,(H,29,30,31);1-2H3. The third-order valence-corrected chi connectivity index (χ3v) is 5.95. The summed E-state index contributed by atoms with van der Waals surface area (Å²) in [6.45, 7) is 11.6. The summed E-state index contributed by atoms with van der Waals surface area (Å²) in [5, 5.41) is 24.6. The van der Waals surface area contributed by atoms with Gasteiger partial charge in [0.05, 0.1) is 35.2 Å². The van der Waals surface area contributed by atoms with Crippen LogP contribution in [0.1, 0.15) is 43.2 Å². The summed E-state index contributed by atoms with van der Waals surface area (Å²) in [7, 11) is 7.17. The fourth-order valence-electron chi connectivity index (χ4n) is 3.87. The van der Waals surface area contributed by atoms with E-state index < -0.39 is 4.92 Å². The van der Waals surface area contributed by atoms with Gasteiger partial charge in [-0.2, -0.15) is 5.26 Å². The lowest BCUT2D eigenvalue weighted by molar-refractivity contribution is -0.384. The summed E-state index contributed by atoms with van der Waals surface area (Å²) >= 11 is 0. The van der Waals surface area contributed by atoms with Gasteiger partial charge < -0.3 is 19.9 Å². The number of nitriles is 1. The SMILES string of the molecule is C=C(c1ccccc1CC)c1nc(Nc2cc([N+](=O)[O-])c(N(C)CCN(C)C)cc2OC)ncc1C#N.CC. The summed E-state index contributed by atoms with van der Waals surface area (Å²) in [5.74, 6) is 0.549. The second-order valence-electron chi connectivity index (χ2n) is 8.71. The topological polar surface area (TPSA) is 120 Å². The van der Waals surface area contributed by atoms with Gasteiger partial charge in [0, 0.05) is 37.8 Å². The number of nitrogens with zero attached hydrogens (tertiary/aromatic N) is 6. The van der Waals surface area contributed by atoms with E-state index in [4.69, 9.17) is 4.74 Å². The number of benzene rings is 2. The summed E-state index contributed by atoms with van der Waals surface area (Å²) < 4.78 is 5.54. The van der Waals surface area contributed by atoms with Crippen molar-refractivity contribution in [2.24, 2.45) is 0 Å². The van der Waals surface area contributed by atoms with Crippen molar-refractivity contribution in [3.63, 3.8) is 0 Å². The van der Waals surface area contributed by atoms with Crippen LogP contribution >= 0.6 is 0 Å². The number of methoxy groups -OCH3 is 1. The largest absolute Gasteiger partial charge is 0.494 e. The van der Waals surface area contributed by atoms with Crippen molar-refractivity contribution < 1.29 is 9.66 Å². The Balaban J connectivity index is 0.00000260. The molecule has 39 heavy (non-hydrogen) atoms. The van der Waals surface area contributed by atoms with Crippen LogP contribution in [0.4, 0.5) is 23.0 Å². The molecule has 10 nitrogen and oxygen atoms in total. The number of nitro groups is 1. The van der Waals surface area contributed by atoms with Crippen molar-refractivity contribution in [2.45, 2.75) is 27.2 Å². The van der Waals surface area contributed by atoms with Gasteiger partial charge in [-0.25, -0.2) is 9.97 Å². The molecule has 0 aliphatic heterocycles. The predicted octanol–water partition coefficient (Wildman–Crippen LogP) is 5.66. The molecule has 0 aliphatic rings. The minimum atomic E-state index is -0.430. The molecular weight excluding hydrogens is 494 g/mol. The number of nitro benzene ring substituents is 1. The van der Waals surface area contributed by atoms with Crippen molar-refractivity contribution in [2.75, 3.05) is 51.6 Å². The minimum absolute atomic E-state index is 0.0836. The highest BCUT2D eigenvalue weighted by molar-refractivity contribution is 5.81. The van der Waals surface area contributed by atoms with Crippen molar-refractivity contribution in [1.82, 2.24) is 14.9 Å². The van der Waals surface area contributed by atoms with E-state index >= 15 is 0 Å². The molecule has 0 saturated heterocycles. The quantitative estimate of drug-likeness (QED) is 0.247. The van der Waals surface area contributed by atoms with E-state index in [9.17, 15) is 15.4 Å². The molecule has 0 unspecified atom stereocenters. The normalized spacial score (nSPS) is 10.2. The van der Waals surface area contributed by atoms with Gasteiger partial charge >= 0.3 is 0 Å². The molecule has 0 saturated carbocycles. The highest BCUT2D eigenvalue weighted by atomic mass is 16.6. The number of hydrogen-bond acceptors (Lipinski definition) is 9. The number of aryl methyl sites for hydroxylation is 1. The average Bonchev–Trinajstić information content (AvgIpc) is 2.96. The van der Waals surface area contributed by atoms with E-state index in [0.29, 0.717) is 34.9 Å². The number of ether oxygens (including phenoxy) is 1. The lowest BCUT2D eigenvalue weighted by Crippen LogP contribution is -2.29. The van der Waals surface area contributed by atoms with Crippen LogP contribution in [0.3, 0.4) is 0 Å². The van der Waals surface area contributed by atoms with Gasteiger partial charge in [0.2, 0.25) is 5.95 Å². The smallest absolute Gasteiger partial charge is 0.294 e. The zero-order valence-electron chi connectivity index (χ0n) is 23.8. The first-order valence-corrected chi connectivity index (χ1v) is 12.7. The van der Waals surface area contributed by atoms with Crippen LogP contribution in [-0.4, -0.2) is 61.1 Å². The summed E-state index contributed by atoms with van der Waals surface area (Å²) in [4.78, 5) is 24.1. The van der Waals surface area contributed by atoms with Crippen LogP contribution in [0, 0.1) is 21.4 Å². The Morgan fingerprint density at radius 3 is 2.49 bits per heavy atom. The second-order valence-corrected chi connectivity index (χ2v) is 8.71. The third kappa shape index (κ3) is 7.52. The number of anilines is 3. The van der Waals surface area contributed by atoms with E-state index in [0.717, 1.165) is 24.1 Å². The minimum Gasteiger partial charge on any atom is -0.494 e. The van der Waals surface area contributed by atoms with Crippen LogP contribution in [0.5, 0.6) is 5.75 Å².